The molecule has 1 rings (SSSR count). The fraction of sp³-hybridized carbons (Fsp3) is 0. The zero-order valence-electron chi connectivity index (χ0n) is 5.12. The molecule has 1 aromatic rings. The maximum absolute atomic E-state index is 5.36. The number of hydrogen-bond donors (Lipinski definition) is 0. The lowest BCUT2D eigenvalue weighted by atomic mass is 10.2. The smallest absolute Gasteiger partial charge is 0.109 e. The van der Waals surface area contributed by atoms with E-state index in [2.05, 4.69) is 6.58 Å². The Morgan fingerprint density at radius 3 is 2.44 bits per heavy atom. The van der Waals surface area contributed by atoms with E-state index in [-0.39, 0.29) is 0 Å². The second kappa shape index (κ2) is 2.49. The molecule has 0 spiro atoms. The number of nitrogens with zero attached hydrogens (tertiary/aromatic N) is 1. The van der Waals surface area contributed by atoms with Gasteiger partial charge in [-0.1, -0.05) is 12.7 Å². The second-order valence-corrected chi connectivity index (χ2v) is 1.78. The van der Waals surface area contributed by atoms with Crippen LogP contribution in [0.4, 0.5) is 0 Å². The summed E-state index contributed by atoms with van der Waals surface area (Å²) in [5, 5.41) is 0. The molecule has 1 aromatic heterocycles. The van der Waals surface area contributed by atoms with Crippen LogP contribution in [-0.4, -0.2) is 7.98 Å². The van der Waals surface area contributed by atoms with E-state index in [0.29, 0.717) is 0 Å². The van der Waals surface area contributed by atoms with Crippen molar-refractivity contribution in [2.24, 2.45) is 0 Å². The minimum atomic E-state index is 1.08. The number of aromatic nitrogens is 1. The van der Waals surface area contributed by atoms with Crippen LogP contribution >= 0.6 is 0 Å². The molecular weight excluding hydrogens is 109 g/mol. The lowest BCUT2D eigenvalue weighted by molar-refractivity contribution is -0.521. The Balaban J connectivity index is 3.01. The molecular formula is C7H7BN. The predicted molar refractivity (Wildman–Crippen MR) is 37.9 cm³/mol. The van der Waals surface area contributed by atoms with Crippen LogP contribution < -0.4 is 4.48 Å². The summed E-state index contributed by atoms with van der Waals surface area (Å²) in [6.07, 6.45) is 5.33. The molecule has 9 heavy (non-hydrogen) atoms. The van der Waals surface area contributed by atoms with E-state index in [1.54, 1.807) is 18.5 Å². The van der Waals surface area contributed by atoms with Crippen molar-refractivity contribution in [3.8, 4) is 0 Å². The topological polar surface area (TPSA) is 3.88 Å². The van der Waals surface area contributed by atoms with Gasteiger partial charge in [0, 0.05) is 12.1 Å². The lowest BCUT2D eigenvalue weighted by Crippen LogP contribution is -2.29. The van der Waals surface area contributed by atoms with Gasteiger partial charge >= 0.3 is 0 Å². The van der Waals surface area contributed by atoms with Crippen molar-refractivity contribution >= 4 is 14.1 Å². The quantitative estimate of drug-likeness (QED) is 0.471. The van der Waals surface area contributed by atoms with Crippen molar-refractivity contribution in [2.45, 2.75) is 0 Å². The van der Waals surface area contributed by atoms with Crippen LogP contribution in [0.25, 0.3) is 6.08 Å². The molecule has 0 bridgehead atoms. The molecule has 2 heteroatoms. The first kappa shape index (κ1) is 6.08. The van der Waals surface area contributed by atoms with Crippen LogP contribution in [0, 0.1) is 0 Å². The first-order chi connectivity index (χ1) is 4.33. The highest BCUT2D eigenvalue weighted by atomic mass is 14.8. The van der Waals surface area contributed by atoms with Crippen LogP contribution in [0.5, 0.6) is 0 Å². The molecule has 1 nitrogen and oxygen atoms in total. The third kappa shape index (κ3) is 1.42. The molecule has 3 radical (unpaired) electrons. The molecule has 0 aliphatic carbocycles. The van der Waals surface area contributed by atoms with Crippen molar-refractivity contribution in [3.63, 3.8) is 0 Å². The van der Waals surface area contributed by atoms with E-state index < -0.39 is 0 Å². The average molecular weight is 116 g/mol. The Hall–Kier alpha value is -1.05. The summed E-state index contributed by atoms with van der Waals surface area (Å²) >= 11 is 0. The van der Waals surface area contributed by atoms with Crippen molar-refractivity contribution in [3.05, 3.63) is 36.7 Å². The summed E-state index contributed by atoms with van der Waals surface area (Å²) in [6, 6.07) is 3.79. The Labute approximate surface area is 56.1 Å². The van der Waals surface area contributed by atoms with Crippen molar-refractivity contribution in [2.75, 3.05) is 0 Å². The van der Waals surface area contributed by atoms with Gasteiger partial charge in [0.25, 0.3) is 0 Å². The molecule has 0 atom stereocenters. The Morgan fingerprint density at radius 1 is 1.44 bits per heavy atom. The fourth-order valence-electron chi connectivity index (χ4n) is 0.586. The molecule has 0 saturated heterocycles. The van der Waals surface area contributed by atoms with E-state index in [0.717, 1.165) is 5.56 Å². The number of pyridine rings is 1. The summed E-state index contributed by atoms with van der Waals surface area (Å²) < 4.78 is 1.49. The zero-order chi connectivity index (χ0) is 6.69. The fourth-order valence-corrected chi connectivity index (χ4v) is 0.586. The van der Waals surface area contributed by atoms with Crippen LogP contribution in [0.3, 0.4) is 0 Å². The molecule has 0 unspecified atom stereocenters. The molecule has 43 valence electrons. The minimum Gasteiger partial charge on any atom is -0.516 e. The summed E-state index contributed by atoms with van der Waals surface area (Å²) in [5.41, 5.74) is 1.08. The number of hydrogen-bond acceptors (Lipinski definition) is 0. The minimum absolute atomic E-state index is 1.08. The largest absolute Gasteiger partial charge is 0.516 e. The van der Waals surface area contributed by atoms with E-state index >= 15 is 0 Å². The van der Waals surface area contributed by atoms with E-state index in [1.807, 2.05) is 12.1 Å². The third-order valence-electron chi connectivity index (χ3n) is 1.11. The molecule has 0 aliphatic rings. The number of rotatable bonds is 1. The highest BCUT2D eigenvalue weighted by molar-refractivity contribution is 5.94. The average Bonchev–Trinajstić information content (AvgIpc) is 1.90. The van der Waals surface area contributed by atoms with Crippen LogP contribution in [0.1, 0.15) is 5.56 Å². The van der Waals surface area contributed by atoms with Gasteiger partial charge in [-0.3, -0.25) is 0 Å². The monoisotopic (exact) mass is 116 g/mol. The Bertz CT molecular complexity index is 203. The van der Waals surface area contributed by atoms with Gasteiger partial charge in [-0.25, -0.2) is 0 Å². The summed E-state index contributed by atoms with van der Waals surface area (Å²) in [5.74, 6) is 0. The molecule has 0 fully saturated rings. The van der Waals surface area contributed by atoms with E-state index in [4.69, 9.17) is 7.98 Å². The third-order valence-corrected chi connectivity index (χ3v) is 1.11. The standard InChI is InChI=1S/C7H7BN/c1-2-7-3-5-9(8)6-4-7/h2-6H,1H2. The lowest BCUT2D eigenvalue weighted by Gasteiger charge is -1.98. The van der Waals surface area contributed by atoms with Crippen LogP contribution in [0.15, 0.2) is 31.1 Å². The Morgan fingerprint density at radius 2 is 2.00 bits per heavy atom. The maximum Gasteiger partial charge on any atom is 0.109 e. The van der Waals surface area contributed by atoms with Gasteiger partial charge in [0.15, 0.2) is 0 Å². The second-order valence-electron chi connectivity index (χ2n) is 1.78. The van der Waals surface area contributed by atoms with Crippen molar-refractivity contribution in [1.82, 2.24) is 0 Å². The van der Waals surface area contributed by atoms with Gasteiger partial charge in [-0.05, 0) is 5.56 Å². The normalized spacial score (nSPS) is 9.00. The molecule has 0 aromatic carbocycles. The molecule has 1 heterocycles. The summed E-state index contributed by atoms with van der Waals surface area (Å²) in [7, 11) is 5.36. The van der Waals surface area contributed by atoms with E-state index in [1.165, 1.54) is 4.48 Å². The van der Waals surface area contributed by atoms with Crippen molar-refractivity contribution in [1.29, 1.82) is 0 Å². The zero-order valence-corrected chi connectivity index (χ0v) is 5.12. The van der Waals surface area contributed by atoms with Crippen LogP contribution in [-0.2, 0) is 0 Å². The van der Waals surface area contributed by atoms with Crippen molar-refractivity contribution < 1.29 is 4.48 Å². The van der Waals surface area contributed by atoms with Gasteiger partial charge in [-0.15, -0.1) is 7.98 Å². The molecule has 0 amide bonds. The van der Waals surface area contributed by atoms with E-state index in [9.17, 15) is 0 Å². The predicted octanol–water partition coefficient (Wildman–Crippen LogP) is 0.549. The van der Waals surface area contributed by atoms with Gasteiger partial charge in [0.1, 0.15) is 12.4 Å². The molecule has 0 saturated carbocycles. The Kier molecular flexibility index (Phi) is 1.68. The van der Waals surface area contributed by atoms with Gasteiger partial charge in [0.2, 0.25) is 0 Å². The summed E-state index contributed by atoms with van der Waals surface area (Å²) in [6.45, 7) is 3.61. The van der Waals surface area contributed by atoms with Gasteiger partial charge < -0.3 is 4.48 Å². The SMILES string of the molecule is [B-][n+]1ccc(C=C)cc1. The molecule has 0 aliphatic heterocycles. The first-order valence-electron chi connectivity index (χ1n) is 2.72. The summed E-state index contributed by atoms with van der Waals surface area (Å²) in [4.78, 5) is 0. The first-order valence-corrected chi connectivity index (χ1v) is 2.72. The maximum atomic E-state index is 5.36. The molecule has 0 N–H and O–H groups in total. The van der Waals surface area contributed by atoms with Gasteiger partial charge in [-0.2, -0.15) is 0 Å². The highest BCUT2D eigenvalue weighted by Crippen LogP contribution is 1.93. The van der Waals surface area contributed by atoms with Crippen LogP contribution in [0.2, 0.25) is 0 Å². The van der Waals surface area contributed by atoms with Gasteiger partial charge in [0.05, 0.1) is 0 Å². The highest BCUT2D eigenvalue weighted by Gasteiger charge is 1.81.